The molecule has 1 aromatic carbocycles. The summed E-state index contributed by atoms with van der Waals surface area (Å²) >= 11 is 0. The molecule has 0 aromatic heterocycles. The highest BCUT2D eigenvalue weighted by molar-refractivity contribution is 7.89. The summed E-state index contributed by atoms with van der Waals surface area (Å²) in [6, 6.07) is 2.37. The van der Waals surface area contributed by atoms with Crippen LogP contribution in [0.15, 0.2) is 23.1 Å². The Labute approximate surface area is 110 Å². The van der Waals surface area contributed by atoms with E-state index in [1.807, 2.05) is 0 Å². The van der Waals surface area contributed by atoms with Gasteiger partial charge in [-0.25, -0.2) is 17.2 Å². The number of aliphatic hydroxyl groups excluding tert-OH is 1. The van der Waals surface area contributed by atoms with E-state index in [1.54, 1.807) is 0 Å². The first-order valence-corrected chi connectivity index (χ1v) is 7.45. The van der Waals surface area contributed by atoms with E-state index < -0.39 is 26.6 Å². The Balaban J connectivity index is 2.34. The van der Waals surface area contributed by atoms with Gasteiger partial charge in [0.1, 0.15) is 16.5 Å². The maximum absolute atomic E-state index is 13.6. The molecule has 7 heteroatoms. The van der Waals surface area contributed by atoms with Crippen molar-refractivity contribution in [2.75, 3.05) is 19.7 Å². The lowest BCUT2D eigenvalue weighted by molar-refractivity contribution is 0.165. The van der Waals surface area contributed by atoms with Gasteiger partial charge in [-0.05, 0) is 37.0 Å². The van der Waals surface area contributed by atoms with Gasteiger partial charge in [-0.1, -0.05) is 0 Å². The van der Waals surface area contributed by atoms with Gasteiger partial charge in [0, 0.05) is 19.7 Å². The third-order valence-corrected chi connectivity index (χ3v) is 5.13. The number of nitrogens with zero attached hydrogens (tertiary/aromatic N) is 1. The monoisotopic (exact) mass is 291 g/mol. The minimum atomic E-state index is -4.05. The zero-order chi connectivity index (χ0) is 14.0. The molecule has 106 valence electrons. The van der Waals surface area contributed by atoms with Crippen LogP contribution in [0.25, 0.3) is 0 Å². The van der Waals surface area contributed by atoms with E-state index in [4.69, 9.17) is 5.11 Å². The van der Waals surface area contributed by atoms with Crippen molar-refractivity contribution < 1.29 is 22.3 Å². The summed E-state index contributed by atoms with van der Waals surface area (Å²) in [5.41, 5.74) is 0. The summed E-state index contributed by atoms with van der Waals surface area (Å²) in [5, 5.41) is 9.09. The van der Waals surface area contributed by atoms with Gasteiger partial charge < -0.3 is 5.11 Å². The smallest absolute Gasteiger partial charge is 0.246 e. The molecule has 1 aliphatic rings. The SMILES string of the molecule is O=S(=O)(c1cc(F)ccc1F)N1CCCC(CO)C1. The number of aliphatic hydroxyl groups is 1. The van der Waals surface area contributed by atoms with E-state index in [0.29, 0.717) is 12.5 Å². The Kier molecular flexibility index (Phi) is 4.17. The lowest BCUT2D eigenvalue weighted by Crippen LogP contribution is -2.41. The number of hydrogen-bond donors (Lipinski definition) is 1. The zero-order valence-electron chi connectivity index (χ0n) is 10.2. The highest BCUT2D eigenvalue weighted by Crippen LogP contribution is 2.25. The first kappa shape index (κ1) is 14.4. The highest BCUT2D eigenvalue weighted by atomic mass is 32.2. The van der Waals surface area contributed by atoms with Crippen LogP contribution < -0.4 is 0 Å². The van der Waals surface area contributed by atoms with Crippen LogP contribution in [0.3, 0.4) is 0 Å². The van der Waals surface area contributed by atoms with Crippen molar-refractivity contribution >= 4 is 10.0 Å². The summed E-state index contributed by atoms with van der Waals surface area (Å²) in [4.78, 5) is -0.647. The predicted molar refractivity (Wildman–Crippen MR) is 64.9 cm³/mol. The fraction of sp³-hybridized carbons (Fsp3) is 0.500. The van der Waals surface area contributed by atoms with Crippen molar-refractivity contribution in [3.8, 4) is 0 Å². The third kappa shape index (κ3) is 2.93. The molecule has 1 aromatic rings. The van der Waals surface area contributed by atoms with Gasteiger partial charge in [0.25, 0.3) is 0 Å². The molecule has 1 fully saturated rings. The Hall–Kier alpha value is -1.05. The van der Waals surface area contributed by atoms with E-state index >= 15 is 0 Å². The summed E-state index contributed by atoms with van der Waals surface area (Å²) in [7, 11) is -4.05. The lowest BCUT2D eigenvalue weighted by Gasteiger charge is -2.31. The average molecular weight is 291 g/mol. The van der Waals surface area contributed by atoms with Gasteiger partial charge in [0.05, 0.1) is 0 Å². The molecule has 0 aliphatic carbocycles. The minimum Gasteiger partial charge on any atom is -0.396 e. The molecule has 0 radical (unpaired) electrons. The summed E-state index contributed by atoms with van der Waals surface area (Å²) < 4.78 is 52.3. The first-order chi connectivity index (χ1) is 8.95. The Morgan fingerprint density at radius 2 is 2.11 bits per heavy atom. The Bertz CT molecular complexity index is 562. The molecule has 4 nitrogen and oxygen atoms in total. The summed E-state index contributed by atoms with van der Waals surface area (Å²) in [5.74, 6) is -1.91. The predicted octanol–water partition coefficient (Wildman–Crippen LogP) is 1.36. The molecule has 0 amide bonds. The van der Waals surface area contributed by atoms with Gasteiger partial charge >= 0.3 is 0 Å². The number of halogens is 2. The van der Waals surface area contributed by atoms with Crippen molar-refractivity contribution in [1.82, 2.24) is 4.31 Å². The van der Waals surface area contributed by atoms with Crippen molar-refractivity contribution in [2.24, 2.45) is 5.92 Å². The van der Waals surface area contributed by atoms with Crippen LogP contribution in [0.1, 0.15) is 12.8 Å². The fourth-order valence-electron chi connectivity index (χ4n) is 2.21. The Morgan fingerprint density at radius 3 is 2.79 bits per heavy atom. The molecule has 0 spiro atoms. The number of rotatable bonds is 3. The van der Waals surface area contributed by atoms with Crippen LogP contribution in [0.2, 0.25) is 0 Å². The second-order valence-corrected chi connectivity index (χ2v) is 6.53. The number of benzene rings is 1. The van der Waals surface area contributed by atoms with Crippen LogP contribution in [-0.4, -0.2) is 37.5 Å². The van der Waals surface area contributed by atoms with E-state index in [0.717, 1.165) is 22.9 Å². The Morgan fingerprint density at radius 1 is 1.37 bits per heavy atom. The van der Waals surface area contributed by atoms with Crippen molar-refractivity contribution in [1.29, 1.82) is 0 Å². The maximum Gasteiger partial charge on any atom is 0.246 e. The molecular weight excluding hydrogens is 276 g/mol. The molecule has 1 saturated heterocycles. The number of piperidine rings is 1. The fourth-order valence-corrected chi connectivity index (χ4v) is 3.84. The van der Waals surface area contributed by atoms with Gasteiger partial charge in [-0.15, -0.1) is 0 Å². The van der Waals surface area contributed by atoms with Crippen molar-refractivity contribution in [3.63, 3.8) is 0 Å². The number of hydrogen-bond acceptors (Lipinski definition) is 3. The number of sulfonamides is 1. The molecule has 1 atom stereocenters. The van der Waals surface area contributed by atoms with E-state index in [2.05, 4.69) is 0 Å². The second-order valence-electron chi connectivity index (χ2n) is 4.63. The normalized spacial score (nSPS) is 21.5. The van der Waals surface area contributed by atoms with Crippen molar-refractivity contribution in [2.45, 2.75) is 17.7 Å². The molecule has 1 N–H and O–H groups in total. The van der Waals surface area contributed by atoms with Gasteiger partial charge in [0.2, 0.25) is 10.0 Å². The zero-order valence-corrected chi connectivity index (χ0v) is 11.0. The van der Waals surface area contributed by atoms with E-state index in [9.17, 15) is 17.2 Å². The highest BCUT2D eigenvalue weighted by Gasteiger charge is 2.32. The average Bonchev–Trinajstić information content (AvgIpc) is 2.41. The van der Waals surface area contributed by atoms with Gasteiger partial charge in [-0.2, -0.15) is 4.31 Å². The van der Waals surface area contributed by atoms with Crippen LogP contribution in [0.4, 0.5) is 8.78 Å². The van der Waals surface area contributed by atoms with Crippen LogP contribution in [0.5, 0.6) is 0 Å². The van der Waals surface area contributed by atoms with Gasteiger partial charge in [-0.3, -0.25) is 0 Å². The molecule has 1 heterocycles. The largest absolute Gasteiger partial charge is 0.396 e. The molecular formula is C12H15F2NO3S. The quantitative estimate of drug-likeness (QED) is 0.915. The van der Waals surface area contributed by atoms with Crippen LogP contribution >= 0.6 is 0 Å². The molecule has 19 heavy (non-hydrogen) atoms. The van der Waals surface area contributed by atoms with Crippen molar-refractivity contribution in [3.05, 3.63) is 29.8 Å². The van der Waals surface area contributed by atoms with Gasteiger partial charge in [0.15, 0.2) is 0 Å². The summed E-state index contributed by atoms with van der Waals surface area (Å²) in [6.45, 7) is 0.279. The lowest BCUT2D eigenvalue weighted by atomic mass is 10.0. The van der Waals surface area contributed by atoms with Crippen LogP contribution in [0, 0.1) is 17.6 Å². The molecule has 1 aliphatic heterocycles. The van der Waals surface area contributed by atoms with Crippen LogP contribution in [-0.2, 0) is 10.0 Å². The minimum absolute atomic E-state index is 0.113. The van der Waals surface area contributed by atoms with E-state index in [-0.39, 0.29) is 25.6 Å². The summed E-state index contributed by atoms with van der Waals surface area (Å²) in [6.07, 6.45) is 1.33. The third-order valence-electron chi connectivity index (χ3n) is 3.25. The van der Waals surface area contributed by atoms with E-state index in [1.165, 1.54) is 0 Å². The standard InChI is InChI=1S/C12H15F2NO3S/c13-10-3-4-11(14)12(6-10)19(17,18)15-5-1-2-9(7-15)8-16/h3-4,6,9,16H,1-2,5,7-8H2. The molecule has 0 saturated carbocycles. The topological polar surface area (TPSA) is 57.6 Å². The molecule has 2 rings (SSSR count). The first-order valence-electron chi connectivity index (χ1n) is 6.01. The maximum atomic E-state index is 13.6. The molecule has 0 bridgehead atoms. The second kappa shape index (κ2) is 5.52. The molecule has 1 unspecified atom stereocenters.